The zero-order valence-electron chi connectivity index (χ0n) is 15.7. The lowest BCUT2D eigenvalue weighted by Gasteiger charge is -2.35. The summed E-state index contributed by atoms with van der Waals surface area (Å²) in [4.78, 5) is 15.0. The van der Waals surface area contributed by atoms with Crippen molar-refractivity contribution in [2.24, 2.45) is 0 Å². The number of fused-ring (bicyclic) bond motifs is 1. The van der Waals surface area contributed by atoms with E-state index >= 15 is 0 Å². The first-order valence-corrected chi connectivity index (χ1v) is 9.45. The maximum absolute atomic E-state index is 12.9. The molecule has 1 aliphatic rings. The van der Waals surface area contributed by atoms with Gasteiger partial charge in [0.2, 0.25) is 5.91 Å². The van der Waals surface area contributed by atoms with Crippen LogP contribution in [0.3, 0.4) is 0 Å². The Bertz CT molecular complexity index is 734. The molecule has 2 aromatic rings. The summed E-state index contributed by atoms with van der Waals surface area (Å²) in [6.07, 6.45) is 4.67. The smallest absolute Gasteiger partial charge is 0.224 e. The number of nitrogens with zero attached hydrogens (tertiary/aromatic N) is 3. The lowest BCUT2D eigenvalue weighted by molar-refractivity contribution is -0.134. The number of hydrogen-bond donors (Lipinski definition) is 0. The van der Waals surface area contributed by atoms with Gasteiger partial charge in [-0.2, -0.15) is 5.10 Å². The van der Waals surface area contributed by atoms with E-state index in [2.05, 4.69) is 47.3 Å². The van der Waals surface area contributed by atoms with Crippen LogP contribution in [-0.2, 0) is 24.2 Å². The molecule has 1 amide bonds. The van der Waals surface area contributed by atoms with Crippen molar-refractivity contribution in [1.29, 1.82) is 0 Å². The van der Waals surface area contributed by atoms with Crippen LogP contribution in [0.25, 0.3) is 0 Å². The highest BCUT2D eigenvalue weighted by Crippen LogP contribution is 2.25. The highest BCUT2D eigenvalue weighted by molar-refractivity contribution is 5.76. The summed E-state index contributed by atoms with van der Waals surface area (Å²) in [7, 11) is 0. The van der Waals surface area contributed by atoms with E-state index in [1.807, 2.05) is 18.5 Å². The second kappa shape index (κ2) is 7.85. The van der Waals surface area contributed by atoms with E-state index in [4.69, 9.17) is 0 Å². The Labute approximate surface area is 150 Å². The first-order valence-electron chi connectivity index (χ1n) is 9.45. The Balaban J connectivity index is 1.66. The van der Waals surface area contributed by atoms with Crippen LogP contribution in [0.15, 0.2) is 30.3 Å². The number of aromatic nitrogens is 2. The Morgan fingerprint density at radius 2 is 2.04 bits per heavy atom. The topological polar surface area (TPSA) is 38.1 Å². The molecule has 1 heterocycles. The summed E-state index contributed by atoms with van der Waals surface area (Å²) < 4.78 is 1.95. The van der Waals surface area contributed by atoms with Crippen LogP contribution in [-0.4, -0.2) is 33.2 Å². The molecule has 1 unspecified atom stereocenters. The van der Waals surface area contributed by atoms with Crippen molar-refractivity contribution < 1.29 is 4.79 Å². The molecule has 1 aliphatic carbocycles. The molecule has 1 aromatic carbocycles. The lowest BCUT2D eigenvalue weighted by Crippen LogP contribution is -2.44. The molecule has 0 bridgehead atoms. The second-order valence-electron chi connectivity index (χ2n) is 7.15. The van der Waals surface area contributed by atoms with Crippen LogP contribution < -0.4 is 0 Å². The van der Waals surface area contributed by atoms with E-state index in [1.165, 1.54) is 11.1 Å². The largest absolute Gasteiger partial charge is 0.339 e. The van der Waals surface area contributed by atoms with Gasteiger partial charge < -0.3 is 4.90 Å². The molecular weight excluding hydrogens is 310 g/mol. The maximum atomic E-state index is 12.9. The molecule has 1 aromatic heterocycles. The second-order valence-corrected chi connectivity index (χ2v) is 7.15. The molecule has 4 nitrogen and oxygen atoms in total. The van der Waals surface area contributed by atoms with E-state index in [-0.39, 0.29) is 5.91 Å². The first-order chi connectivity index (χ1) is 12.1. The minimum atomic E-state index is 0.263. The van der Waals surface area contributed by atoms with Gasteiger partial charge in [-0.05, 0) is 56.7 Å². The quantitative estimate of drug-likeness (QED) is 0.805. The Morgan fingerprint density at radius 1 is 1.28 bits per heavy atom. The summed E-state index contributed by atoms with van der Waals surface area (Å²) in [5.74, 6) is 0.263. The van der Waals surface area contributed by atoms with Gasteiger partial charge in [-0.25, -0.2) is 0 Å². The number of hydrogen-bond acceptors (Lipinski definition) is 2. The molecule has 0 N–H and O–H groups in total. The van der Waals surface area contributed by atoms with Gasteiger partial charge in [0.25, 0.3) is 0 Å². The first kappa shape index (κ1) is 17.7. The molecule has 0 saturated carbocycles. The third-order valence-corrected chi connectivity index (χ3v) is 5.19. The molecule has 25 heavy (non-hydrogen) atoms. The number of amides is 1. The van der Waals surface area contributed by atoms with Crippen molar-refractivity contribution in [3.8, 4) is 0 Å². The number of rotatable bonds is 6. The average molecular weight is 339 g/mol. The SMILES string of the molecule is CCCN(C(=O)CCn1nc(C)cc1C)C1CCc2ccccc2C1. The third-order valence-electron chi connectivity index (χ3n) is 5.19. The third kappa shape index (κ3) is 4.12. The lowest BCUT2D eigenvalue weighted by atomic mass is 9.87. The molecule has 0 aliphatic heterocycles. The summed E-state index contributed by atoms with van der Waals surface area (Å²) in [5, 5.41) is 4.48. The normalized spacial score (nSPS) is 16.5. The van der Waals surface area contributed by atoms with Gasteiger partial charge in [0.1, 0.15) is 0 Å². The fraction of sp³-hybridized carbons (Fsp3) is 0.524. The minimum absolute atomic E-state index is 0.263. The Kier molecular flexibility index (Phi) is 5.57. The van der Waals surface area contributed by atoms with Crippen LogP contribution in [0.5, 0.6) is 0 Å². The predicted octanol–water partition coefficient (Wildman–Crippen LogP) is 3.69. The monoisotopic (exact) mass is 339 g/mol. The maximum Gasteiger partial charge on any atom is 0.224 e. The van der Waals surface area contributed by atoms with Crippen molar-refractivity contribution in [3.63, 3.8) is 0 Å². The number of benzene rings is 1. The number of carbonyl (C=O) groups is 1. The van der Waals surface area contributed by atoms with Gasteiger partial charge in [-0.15, -0.1) is 0 Å². The standard InChI is InChI=1S/C21H29N3O/c1-4-12-23(20-10-9-18-7-5-6-8-19(18)15-20)21(25)11-13-24-17(3)14-16(2)22-24/h5-8,14,20H,4,9-13,15H2,1-3H3. The van der Waals surface area contributed by atoms with E-state index in [0.717, 1.165) is 43.6 Å². The van der Waals surface area contributed by atoms with Gasteiger partial charge in [-0.3, -0.25) is 9.48 Å². The van der Waals surface area contributed by atoms with Crippen LogP contribution >= 0.6 is 0 Å². The molecule has 0 spiro atoms. The van der Waals surface area contributed by atoms with E-state index in [9.17, 15) is 4.79 Å². The Morgan fingerprint density at radius 3 is 2.72 bits per heavy atom. The fourth-order valence-electron chi connectivity index (χ4n) is 3.94. The van der Waals surface area contributed by atoms with E-state index in [0.29, 0.717) is 19.0 Å². The fourth-order valence-corrected chi connectivity index (χ4v) is 3.94. The van der Waals surface area contributed by atoms with E-state index < -0.39 is 0 Å². The number of aryl methyl sites for hydroxylation is 4. The van der Waals surface area contributed by atoms with Crippen molar-refractivity contribution in [3.05, 3.63) is 52.8 Å². The van der Waals surface area contributed by atoms with Gasteiger partial charge in [0.05, 0.1) is 5.69 Å². The molecule has 4 heteroatoms. The summed E-state index contributed by atoms with van der Waals surface area (Å²) in [5.41, 5.74) is 5.00. The van der Waals surface area contributed by atoms with E-state index in [1.54, 1.807) is 0 Å². The van der Waals surface area contributed by atoms with Gasteiger partial charge >= 0.3 is 0 Å². The number of carbonyl (C=O) groups excluding carboxylic acids is 1. The van der Waals surface area contributed by atoms with Gasteiger partial charge in [0.15, 0.2) is 0 Å². The van der Waals surface area contributed by atoms with Crippen LogP contribution in [0.2, 0.25) is 0 Å². The molecule has 0 saturated heterocycles. The summed E-state index contributed by atoms with van der Waals surface area (Å²) in [6, 6.07) is 11.1. The average Bonchev–Trinajstić information content (AvgIpc) is 2.94. The van der Waals surface area contributed by atoms with Crippen molar-refractivity contribution in [1.82, 2.24) is 14.7 Å². The molecule has 0 radical (unpaired) electrons. The zero-order valence-corrected chi connectivity index (χ0v) is 15.7. The van der Waals surface area contributed by atoms with Crippen molar-refractivity contribution >= 4 is 5.91 Å². The van der Waals surface area contributed by atoms with Crippen LogP contribution in [0, 0.1) is 13.8 Å². The van der Waals surface area contributed by atoms with Gasteiger partial charge in [-0.1, -0.05) is 31.2 Å². The summed E-state index contributed by atoms with van der Waals surface area (Å²) in [6.45, 7) is 7.71. The van der Waals surface area contributed by atoms with Gasteiger partial charge in [0, 0.05) is 31.2 Å². The summed E-state index contributed by atoms with van der Waals surface area (Å²) >= 11 is 0. The zero-order chi connectivity index (χ0) is 17.8. The van der Waals surface area contributed by atoms with Crippen molar-refractivity contribution in [2.45, 2.75) is 65.5 Å². The molecular formula is C21H29N3O. The highest BCUT2D eigenvalue weighted by Gasteiger charge is 2.26. The van der Waals surface area contributed by atoms with Crippen molar-refractivity contribution in [2.75, 3.05) is 6.54 Å². The Hall–Kier alpha value is -2.10. The van der Waals surface area contributed by atoms with Crippen LogP contribution in [0.1, 0.15) is 48.7 Å². The molecule has 3 rings (SSSR count). The van der Waals surface area contributed by atoms with Crippen LogP contribution in [0.4, 0.5) is 0 Å². The predicted molar refractivity (Wildman–Crippen MR) is 101 cm³/mol. The highest BCUT2D eigenvalue weighted by atomic mass is 16.2. The molecule has 134 valence electrons. The minimum Gasteiger partial charge on any atom is -0.339 e. The molecule has 1 atom stereocenters. The molecule has 0 fully saturated rings.